The van der Waals surface area contributed by atoms with Gasteiger partial charge >= 0.3 is 0 Å². The third-order valence-electron chi connectivity index (χ3n) is 2.51. The van der Waals surface area contributed by atoms with Crippen LogP contribution in [-0.2, 0) is 12.5 Å². The van der Waals surface area contributed by atoms with Gasteiger partial charge in [-0.25, -0.2) is 0 Å². The number of alkyl halides is 1. The molecule has 1 nitrogen and oxygen atoms in total. The fraction of sp³-hybridized carbons (Fsp3) is 0.143. The van der Waals surface area contributed by atoms with Crippen molar-refractivity contribution in [3.63, 3.8) is 0 Å². The predicted octanol–water partition coefficient (Wildman–Crippen LogP) is 5.42. The quantitative estimate of drug-likeness (QED) is 0.672. The van der Waals surface area contributed by atoms with E-state index in [-0.39, 0.29) is 0 Å². The minimum absolute atomic E-state index is 0.414. The first-order valence-corrected chi connectivity index (χ1v) is 7.12. The van der Waals surface area contributed by atoms with Crippen molar-refractivity contribution in [3.8, 4) is 5.75 Å². The highest BCUT2D eigenvalue weighted by molar-refractivity contribution is 9.10. The van der Waals surface area contributed by atoms with Gasteiger partial charge in [-0.1, -0.05) is 45.7 Å². The fourth-order valence-electron chi connectivity index (χ4n) is 1.56. The van der Waals surface area contributed by atoms with Crippen LogP contribution in [0.3, 0.4) is 0 Å². The molecule has 0 radical (unpaired) electrons. The Morgan fingerprint density at radius 3 is 2.56 bits per heavy atom. The van der Waals surface area contributed by atoms with Gasteiger partial charge in [0.25, 0.3) is 0 Å². The number of ether oxygens (including phenoxy) is 1. The Morgan fingerprint density at radius 2 is 1.83 bits per heavy atom. The maximum absolute atomic E-state index is 6.08. The molecule has 0 heterocycles. The maximum atomic E-state index is 6.08. The summed E-state index contributed by atoms with van der Waals surface area (Å²) in [5.41, 5.74) is 1.92. The molecule has 2 aromatic rings. The van der Waals surface area contributed by atoms with E-state index in [4.69, 9.17) is 27.9 Å². The third-order valence-corrected chi connectivity index (χ3v) is 3.66. The molecule has 0 aliphatic carbocycles. The van der Waals surface area contributed by atoms with Crippen LogP contribution in [0.5, 0.6) is 5.75 Å². The monoisotopic (exact) mass is 344 g/mol. The first kappa shape index (κ1) is 13.7. The predicted molar refractivity (Wildman–Crippen MR) is 79.5 cm³/mol. The molecule has 0 bridgehead atoms. The molecule has 0 saturated carbocycles. The third kappa shape index (κ3) is 3.41. The molecule has 0 amide bonds. The average Bonchev–Trinajstić information content (AvgIpc) is 2.39. The molecule has 2 aromatic carbocycles. The smallest absolute Gasteiger partial charge is 0.124 e. The molecule has 0 N–H and O–H groups in total. The highest BCUT2D eigenvalue weighted by Gasteiger charge is 2.05. The van der Waals surface area contributed by atoms with Gasteiger partial charge in [0.2, 0.25) is 0 Å². The lowest BCUT2D eigenvalue weighted by atomic mass is 10.2. The van der Waals surface area contributed by atoms with Crippen molar-refractivity contribution in [1.29, 1.82) is 0 Å². The summed E-state index contributed by atoms with van der Waals surface area (Å²) in [5, 5.41) is 0.710. The number of benzene rings is 2. The Kier molecular flexibility index (Phi) is 4.93. The number of hydrogen-bond acceptors (Lipinski definition) is 1. The molecule has 0 saturated heterocycles. The lowest BCUT2D eigenvalue weighted by Crippen LogP contribution is -1.98. The molecule has 4 heteroatoms. The van der Waals surface area contributed by atoms with Crippen LogP contribution < -0.4 is 4.74 Å². The van der Waals surface area contributed by atoms with E-state index in [1.807, 2.05) is 42.5 Å². The molecule has 0 aromatic heterocycles. The molecule has 0 spiro atoms. The SMILES string of the molecule is ClCc1cc(Br)ccc1OCc1ccccc1Cl. The Balaban J connectivity index is 2.13. The fourth-order valence-corrected chi connectivity index (χ4v) is 2.37. The lowest BCUT2D eigenvalue weighted by Gasteiger charge is -2.11. The van der Waals surface area contributed by atoms with Crippen LogP contribution in [-0.4, -0.2) is 0 Å². The van der Waals surface area contributed by atoms with E-state index in [9.17, 15) is 0 Å². The van der Waals surface area contributed by atoms with E-state index in [1.165, 1.54) is 0 Å². The van der Waals surface area contributed by atoms with Gasteiger partial charge in [0.05, 0.1) is 5.88 Å². The standard InChI is InChI=1S/C14H11BrCl2O/c15-12-5-6-14(11(7-12)8-16)18-9-10-3-1-2-4-13(10)17/h1-7H,8-9H2. The summed E-state index contributed by atoms with van der Waals surface area (Å²) in [6.07, 6.45) is 0. The van der Waals surface area contributed by atoms with Gasteiger partial charge in [0.1, 0.15) is 12.4 Å². The van der Waals surface area contributed by atoms with Crippen LogP contribution in [0, 0.1) is 0 Å². The zero-order chi connectivity index (χ0) is 13.0. The summed E-state index contributed by atoms with van der Waals surface area (Å²) < 4.78 is 6.75. The molecular weight excluding hydrogens is 335 g/mol. The normalized spacial score (nSPS) is 10.4. The lowest BCUT2D eigenvalue weighted by molar-refractivity contribution is 0.304. The minimum atomic E-state index is 0.414. The first-order chi connectivity index (χ1) is 8.70. The number of hydrogen-bond donors (Lipinski definition) is 0. The van der Waals surface area contributed by atoms with E-state index < -0.39 is 0 Å². The number of rotatable bonds is 4. The highest BCUT2D eigenvalue weighted by Crippen LogP contribution is 2.26. The van der Waals surface area contributed by atoms with Gasteiger partial charge in [-0.3, -0.25) is 0 Å². The van der Waals surface area contributed by atoms with Crippen LogP contribution in [0.1, 0.15) is 11.1 Å². The minimum Gasteiger partial charge on any atom is -0.489 e. The summed E-state index contributed by atoms with van der Waals surface area (Å²) >= 11 is 15.4. The van der Waals surface area contributed by atoms with Gasteiger partial charge in [0.15, 0.2) is 0 Å². The summed E-state index contributed by atoms with van der Waals surface area (Å²) in [6.45, 7) is 0.436. The second-order valence-corrected chi connectivity index (χ2v) is 5.36. The van der Waals surface area contributed by atoms with E-state index >= 15 is 0 Å². The molecule has 0 atom stereocenters. The zero-order valence-electron chi connectivity index (χ0n) is 9.50. The molecule has 0 fully saturated rings. The highest BCUT2D eigenvalue weighted by atomic mass is 79.9. The van der Waals surface area contributed by atoms with Crippen LogP contribution in [0.25, 0.3) is 0 Å². The maximum Gasteiger partial charge on any atom is 0.124 e. The van der Waals surface area contributed by atoms with Gasteiger partial charge in [-0.15, -0.1) is 11.6 Å². The second kappa shape index (κ2) is 6.46. The largest absolute Gasteiger partial charge is 0.489 e. The zero-order valence-corrected chi connectivity index (χ0v) is 12.6. The van der Waals surface area contributed by atoms with Gasteiger partial charge in [0, 0.05) is 20.6 Å². The second-order valence-electron chi connectivity index (χ2n) is 3.77. The summed E-state index contributed by atoms with van der Waals surface area (Å²) in [6, 6.07) is 13.4. The first-order valence-electron chi connectivity index (χ1n) is 5.41. The molecule has 0 aliphatic rings. The van der Waals surface area contributed by atoms with Crippen molar-refractivity contribution < 1.29 is 4.74 Å². The van der Waals surface area contributed by atoms with Gasteiger partial charge < -0.3 is 4.74 Å². The van der Waals surface area contributed by atoms with E-state index in [0.29, 0.717) is 17.5 Å². The summed E-state index contributed by atoms with van der Waals surface area (Å²) in [7, 11) is 0. The van der Waals surface area contributed by atoms with Crippen LogP contribution in [0.2, 0.25) is 5.02 Å². The van der Waals surface area contributed by atoms with E-state index in [2.05, 4.69) is 15.9 Å². The Labute approximate surface area is 125 Å². The van der Waals surface area contributed by atoms with Crippen molar-refractivity contribution in [2.75, 3.05) is 0 Å². The molecular formula is C14H11BrCl2O. The topological polar surface area (TPSA) is 9.23 Å². The van der Waals surface area contributed by atoms with Crippen molar-refractivity contribution in [3.05, 3.63) is 63.1 Å². The molecule has 2 rings (SSSR count). The van der Waals surface area contributed by atoms with Crippen molar-refractivity contribution in [2.24, 2.45) is 0 Å². The Morgan fingerprint density at radius 1 is 1.06 bits per heavy atom. The Hall–Kier alpha value is -0.700. The summed E-state index contributed by atoms with van der Waals surface area (Å²) in [5.74, 6) is 1.20. The van der Waals surface area contributed by atoms with Crippen molar-refractivity contribution >= 4 is 39.1 Å². The molecule has 94 valence electrons. The van der Waals surface area contributed by atoms with Crippen molar-refractivity contribution in [2.45, 2.75) is 12.5 Å². The van der Waals surface area contributed by atoms with Gasteiger partial charge in [-0.05, 0) is 24.3 Å². The van der Waals surface area contributed by atoms with E-state index in [1.54, 1.807) is 0 Å². The van der Waals surface area contributed by atoms with Crippen LogP contribution in [0.15, 0.2) is 46.9 Å². The molecule has 0 aliphatic heterocycles. The van der Waals surface area contributed by atoms with Gasteiger partial charge in [-0.2, -0.15) is 0 Å². The Bertz CT molecular complexity index is 543. The van der Waals surface area contributed by atoms with Crippen LogP contribution >= 0.6 is 39.1 Å². The van der Waals surface area contributed by atoms with Crippen molar-refractivity contribution in [1.82, 2.24) is 0 Å². The summed E-state index contributed by atoms with van der Waals surface area (Å²) in [4.78, 5) is 0. The number of halogens is 3. The van der Waals surface area contributed by atoms with E-state index in [0.717, 1.165) is 21.3 Å². The molecule has 0 unspecified atom stereocenters. The average molecular weight is 346 g/mol. The molecule has 18 heavy (non-hydrogen) atoms. The van der Waals surface area contributed by atoms with Crippen LogP contribution in [0.4, 0.5) is 0 Å².